The minimum atomic E-state index is 0.324. The Morgan fingerprint density at radius 2 is 1.90 bits per heavy atom. The highest BCUT2D eigenvalue weighted by Gasteiger charge is 2.12. The predicted molar refractivity (Wildman–Crippen MR) is 80.1 cm³/mol. The van der Waals surface area contributed by atoms with Crippen LogP contribution in [0.15, 0.2) is 47.2 Å². The third-order valence-corrected chi connectivity index (χ3v) is 3.10. The van der Waals surface area contributed by atoms with Gasteiger partial charge in [0.15, 0.2) is 17.3 Å². The van der Waals surface area contributed by atoms with Gasteiger partial charge in [-0.1, -0.05) is 29.4 Å². The summed E-state index contributed by atoms with van der Waals surface area (Å²) in [5.41, 5.74) is 9.22. The van der Waals surface area contributed by atoms with Crippen molar-refractivity contribution in [3.8, 4) is 22.7 Å². The van der Waals surface area contributed by atoms with Gasteiger partial charge < -0.3 is 15.6 Å². The molecule has 0 aliphatic rings. The molecular weight excluding hydrogens is 266 g/mol. The zero-order valence-electron chi connectivity index (χ0n) is 11.6. The number of benzene rings is 1. The van der Waals surface area contributed by atoms with E-state index >= 15 is 0 Å². The van der Waals surface area contributed by atoms with Crippen LogP contribution in [-0.2, 0) is 6.54 Å². The molecule has 0 saturated heterocycles. The first-order valence-corrected chi connectivity index (χ1v) is 6.55. The molecule has 3 aromatic rings. The van der Waals surface area contributed by atoms with E-state index in [1.54, 1.807) is 6.20 Å². The van der Waals surface area contributed by atoms with Crippen molar-refractivity contribution in [2.45, 2.75) is 6.54 Å². The number of anilines is 1. The van der Waals surface area contributed by atoms with Gasteiger partial charge in [-0.2, -0.15) is 0 Å². The van der Waals surface area contributed by atoms with Crippen LogP contribution in [0.1, 0.15) is 5.56 Å². The van der Waals surface area contributed by atoms with Crippen LogP contribution >= 0.6 is 0 Å². The first kappa shape index (κ1) is 13.3. The smallest absolute Gasteiger partial charge is 0.189 e. The van der Waals surface area contributed by atoms with Crippen LogP contribution in [-0.4, -0.2) is 22.2 Å². The number of hydrogen-bond acceptors (Lipinski definition) is 6. The molecular formula is C15H15N5O. The van der Waals surface area contributed by atoms with E-state index in [2.05, 4.69) is 32.6 Å². The minimum Gasteiger partial charge on any atom is -0.382 e. The van der Waals surface area contributed by atoms with Crippen molar-refractivity contribution < 1.29 is 4.52 Å². The zero-order valence-corrected chi connectivity index (χ0v) is 11.6. The topological polar surface area (TPSA) is 89.9 Å². The van der Waals surface area contributed by atoms with Crippen LogP contribution in [0.25, 0.3) is 22.7 Å². The summed E-state index contributed by atoms with van der Waals surface area (Å²) in [6, 6.07) is 9.93. The lowest BCUT2D eigenvalue weighted by Gasteiger charge is -2.00. The van der Waals surface area contributed by atoms with E-state index in [9.17, 15) is 0 Å². The molecule has 3 rings (SSSR count). The normalized spacial score (nSPS) is 10.7. The number of rotatable bonds is 4. The van der Waals surface area contributed by atoms with Gasteiger partial charge >= 0.3 is 0 Å². The molecule has 0 amide bonds. The Bertz CT molecular complexity index is 736. The van der Waals surface area contributed by atoms with Crippen molar-refractivity contribution in [2.75, 3.05) is 12.8 Å². The fourth-order valence-electron chi connectivity index (χ4n) is 2.06. The number of nitrogens with two attached hydrogens (primary N) is 1. The summed E-state index contributed by atoms with van der Waals surface area (Å²) >= 11 is 0. The highest BCUT2D eigenvalue weighted by Crippen LogP contribution is 2.27. The lowest BCUT2D eigenvalue weighted by Crippen LogP contribution is -2.04. The largest absolute Gasteiger partial charge is 0.382 e. The Kier molecular flexibility index (Phi) is 3.61. The summed E-state index contributed by atoms with van der Waals surface area (Å²) < 4.78 is 5.32. The van der Waals surface area contributed by atoms with Gasteiger partial charge in [0.25, 0.3) is 0 Å². The van der Waals surface area contributed by atoms with E-state index in [-0.39, 0.29) is 0 Å². The number of nitrogen functional groups attached to an aromatic ring is 1. The average molecular weight is 281 g/mol. The second kappa shape index (κ2) is 5.72. The molecule has 0 aliphatic heterocycles. The van der Waals surface area contributed by atoms with Crippen molar-refractivity contribution in [2.24, 2.45) is 0 Å². The standard InChI is InChI=1S/C15H15N5O/c1-17-9-10-2-4-11(5-3-10)12-8-13(21-20-12)14-15(16)19-7-6-18-14/h2-8,17H,9H2,1H3,(H2,16,19). The molecule has 106 valence electrons. The van der Waals surface area contributed by atoms with Crippen molar-refractivity contribution >= 4 is 5.82 Å². The van der Waals surface area contributed by atoms with Gasteiger partial charge in [-0.25, -0.2) is 9.97 Å². The molecule has 0 saturated carbocycles. The van der Waals surface area contributed by atoms with Gasteiger partial charge in [-0.3, -0.25) is 0 Å². The zero-order chi connectivity index (χ0) is 14.7. The van der Waals surface area contributed by atoms with Crippen LogP contribution in [0.4, 0.5) is 5.82 Å². The Morgan fingerprint density at radius 3 is 2.62 bits per heavy atom. The SMILES string of the molecule is CNCc1ccc(-c2cc(-c3nccnc3N)on2)cc1. The van der Waals surface area contributed by atoms with E-state index in [1.165, 1.54) is 11.8 Å². The quantitative estimate of drug-likeness (QED) is 0.761. The molecule has 6 nitrogen and oxygen atoms in total. The highest BCUT2D eigenvalue weighted by atomic mass is 16.5. The van der Waals surface area contributed by atoms with Crippen LogP contribution in [0.3, 0.4) is 0 Å². The van der Waals surface area contributed by atoms with Crippen molar-refractivity contribution in [1.29, 1.82) is 0 Å². The molecule has 0 fully saturated rings. The van der Waals surface area contributed by atoms with E-state index in [4.69, 9.17) is 10.3 Å². The van der Waals surface area contributed by atoms with Gasteiger partial charge in [0, 0.05) is 30.6 Å². The van der Waals surface area contributed by atoms with Crippen LogP contribution < -0.4 is 11.1 Å². The monoisotopic (exact) mass is 281 g/mol. The Hall–Kier alpha value is -2.73. The summed E-state index contributed by atoms with van der Waals surface area (Å²) in [6.07, 6.45) is 3.11. The summed E-state index contributed by atoms with van der Waals surface area (Å²) in [5.74, 6) is 0.833. The maximum absolute atomic E-state index is 5.79. The van der Waals surface area contributed by atoms with E-state index in [0.29, 0.717) is 17.3 Å². The first-order chi connectivity index (χ1) is 10.3. The maximum atomic E-state index is 5.79. The molecule has 0 spiro atoms. The number of aromatic nitrogens is 3. The lowest BCUT2D eigenvalue weighted by molar-refractivity contribution is 0.433. The first-order valence-electron chi connectivity index (χ1n) is 6.55. The minimum absolute atomic E-state index is 0.324. The van der Waals surface area contributed by atoms with Crippen molar-refractivity contribution in [3.05, 3.63) is 48.3 Å². The Balaban J connectivity index is 1.89. The molecule has 2 aromatic heterocycles. The molecule has 21 heavy (non-hydrogen) atoms. The van der Waals surface area contributed by atoms with E-state index < -0.39 is 0 Å². The summed E-state index contributed by atoms with van der Waals surface area (Å²) in [4.78, 5) is 8.15. The van der Waals surface area contributed by atoms with Crippen LogP contribution in [0, 0.1) is 0 Å². The van der Waals surface area contributed by atoms with Gasteiger partial charge in [-0.15, -0.1) is 0 Å². The third-order valence-electron chi connectivity index (χ3n) is 3.10. The van der Waals surface area contributed by atoms with Crippen molar-refractivity contribution in [3.63, 3.8) is 0 Å². The third kappa shape index (κ3) is 2.75. The summed E-state index contributed by atoms with van der Waals surface area (Å²) in [6.45, 7) is 0.834. The maximum Gasteiger partial charge on any atom is 0.189 e. The van der Waals surface area contributed by atoms with Gasteiger partial charge in [-0.05, 0) is 12.6 Å². The summed E-state index contributed by atoms with van der Waals surface area (Å²) in [7, 11) is 1.92. The lowest BCUT2D eigenvalue weighted by atomic mass is 10.1. The van der Waals surface area contributed by atoms with Crippen LogP contribution in [0.5, 0.6) is 0 Å². The fourth-order valence-corrected chi connectivity index (χ4v) is 2.06. The van der Waals surface area contributed by atoms with Gasteiger partial charge in [0.2, 0.25) is 0 Å². The van der Waals surface area contributed by atoms with E-state index in [0.717, 1.165) is 17.8 Å². The average Bonchev–Trinajstić information content (AvgIpc) is 2.98. The second-order valence-electron chi connectivity index (χ2n) is 4.59. The number of hydrogen-bond donors (Lipinski definition) is 2. The molecule has 1 aromatic carbocycles. The number of nitrogens with zero attached hydrogens (tertiary/aromatic N) is 3. The number of nitrogens with one attached hydrogen (secondary N) is 1. The second-order valence-corrected chi connectivity index (χ2v) is 4.59. The Morgan fingerprint density at radius 1 is 1.14 bits per heavy atom. The summed E-state index contributed by atoms with van der Waals surface area (Å²) in [5, 5.41) is 7.18. The fraction of sp³-hybridized carbons (Fsp3) is 0.133. The van der Waals surface area contributed by atoms with Gasteiger partial charge in [0.1, 0.15) is 5.69 Å². The molecule has 0 aliphatic carbocycles. The molecule has 0 radical (unpaired) electrons. The van der Waals surface area contributed by atoms with Crippen LogP contribution in [0.2, 0.25) is 0 Å². The van der Waals surface area contributed by atoms with Gasteiger partial charge in [0.05, 0.1) is 0 Å². The molecule has 0 atom stereocenters. The van der Waals surface area contributed by atoms with Crippen molar-refractivity contribution in [1.82, 2.24) is 20.4 Å². The molecule has 2 heterocycles. The molecule has 6 heteroatoms. The predicted octanol–water partition coefficient (Wildman–Crippen LogP) is 2.10. The molecule has 0 unspecified atom stereocenters. The van der Waals surface area contributed by atoms with E-state index in [1.807, 2.05) is 25.2 Å². The molecule has 0 bridgehead atoms. The highest BCUT2D eigenvalue weighted by molar-refractivity contribution is 5.70. The Labute approximate surface area is 122 Å². The molecule has 3 N–H and O–H groups in total.